The zero-order chi connectivity index (χ0) is 10.8. The van der Waals surface area contributed by atoms with Crippen molar-refractivity contribution in [1.29, 1.82) is 0 Å². The molecule has 2 saturated heterocycles. The molecule has 2 rings (SSSR count). The first-order chi connectivity index (χ1) is 7.20. The monoisotopic (exact) mass is 211 g/mol. The predicted octanol–water partition coefficient (Wildman–Crippen LogP) is -0.928. The SMILES string of the molecule is NCC(=O)N1CCC2NC(=O)CCC2C1. The van der Waals surface area contributed by atoms with Crippen molar-refractivity contribution in [1.82, 2.24) is 10.2 Å². The summed E-state index contributed by atoms with van der Waals surface area (Å²) in [6, 6.07) is 0.271. The predicted molar refractivity (Wildman–Crippen MR) is 54.9 cm³/mol. The van der Waals surface area contributed by atoms with Crippen molar-refractivity contribution < 1.29 is 9.59 Å². The number of nitrogens with zero attached hydrogens (tertiary/aromatic N) is 1. The van der Waals surface area contributed by atoms with Gasteiger partial charge in [0.1, 0.15) is 0 Å². The number of likely N-dealkylation sites (tertiary alicyclic amines) is 1. The van der Waals surface area contributed by atoms with Gasteiger partial charge in [0.15, 0.2) is 0 Å². The van der Waals surface area contributed by atoms with Crippen molar-refractivity contribution in [2.75, 3.05) is 19.6 Å². The van der Waals surface area contributed by atoms with E-state index in [2.05, 4.69) is 5.32 Å². The number of carbonyl (C=O) groups is 2. The largest absolute Gasteiger partial charge is 0.353 e. The highest BCUT2D eigenvalue weighted by molar-refractivity contribution is 5.79. The van der Waals surface area contributed by atoms with E-state index in [-0.39, 0.29) is 24.4 Å². The second-order valence-corrected chi connectivity index (χ2v) is 4.31. The van der Waals surface area contributed by atoms with Crippen LogP contribution in [0.3, 0.4) is 0 Å². The van der Waals surface area contributed by atoms with Crippen LogP contribution in [0.1, 0.15) is 19.3 Å². The van der Waals surface area contributed by atoms with E-state index in [0.717, 1.165) is 25.9 Å². The maximum Gasteiger partial charge on any atom is 0.236 e. The molecule has 0 aromatic heterocycles. The highest BCUT2D eigenvalue weighted by atomic mass is 16.2. The maximum absolute atomic E-state index is 11.4. The van der Waals surface area contributed by atoms with Gasteiger partial charge >= 0.3 is 0 Å². The van der Waals surface area contributed by atoms with Gasteiger partial charge in [-0.1, -0.05) is 0 Å². The van der Waals surface area contributed by atoms with E-state index in [1.165, 1.54) is 0 Å². The summed E-state index contributed by atoms with van der Waals surface area (Å²) in [5, 5.41) is 2.99. The van der Waals surface area contributed by atoms with Crippen LogP contribution in [-0.4, -0.2) is 42.4 Å². The van der Waals surface area contributed by atoms with Crippen LogP contribution in [0.4, 0.5) is 0 Å². The van der Waals surface area contributed by atoms with Crippen molar-refractivity contribution >= 4 is 11.8 Å². The summed E-state index contributed by atoms with van der Waals surface area (Å²) >= 11 is 0. The average Bonchev–Trinajstić information content (AvgIpc) is 2.27. The maximum atomic E-state index is 11.4. The van der Waals surface area contributed by atoms with Crippen LogP contribution in [0.15, 0.2) is 0 Å². The third-order valence-corrected chi connectivity index (χ3v) is 3.35. The molecule has 2 amide bonds. The lowest BCUT2D eigenvalue weighted by molar-refractivity contribution is -0.133. The molecule has 84 valence electrons. The number of amides is 2. The number of nitrogens with one attached hydrogen (secondary N) is 1. The molecule has 2 aliphatic heterocycles. The molecule has 5 nitrogen and oxygen atoms in total. The molecule has 3 N–H and O–H groups in total. The number of rotatable bonds is 1. The van der Waals surface area contributed by atoms with E-state index in [1.807, 2.05) is 4.90 Å². The third-order valence-electron chi connectivity index (χ3n) is 3.35. The van der Waals surface area contributed by atoms with Crippen molar-refractivity contribution in [2.24, 2.45) is 11.7 Å². The van der Waals surface area contributed by atoms with Crippen LogP contribution < -0.4 is 11.1 Å². The van der Waals surface area contributed by atoms with Crippen molar-refractivity contribution in [3.63, 3.8) is 0 Å². The Morgan fingerprint density at radius 1 is 1.53 bits per heavy atom. The third kappa shape index (κ3) is 2.12. The number of piperidine rings is 2. The molecular weight excluding hydrogens is 194 g/mol. The number of carbonyl (C=O) groups excluding carboxylic acids is 2. The highest BCUT2D eigenvalue weighted by Crippen LogP contribution is 2.25. The Morgan fingerprint density at radius 2 is 2.33 bits per heavy atom. The smallest absolute Gasteiger partial charge is 0.236 e. The van der Waals surface area contributed by atoms with Crippen LogP contribution in [0.2, 0.25) is 0 Å². The Balaban J connectivity index is 1.95. The molecule has 2 unspecified atom stereocenters. The van der Waals surface area contributed by atoms with Gasteiger partial charge in [-0.2, -0.15) is 0 Å². The zero-order valence-electron chi connectivity index (χ0n) is 8.74. The normalized spacial score (nSPS) is 30.7. The quantitative estimate of drug-likeness (QED) is 0.588. The molecule has 0 aliphatic carbocycles. The fourth-order valence-corrected chi connectivity index (χ4v) is 2.47. The van der Waals surface area contributed by atoms with Crippen LogP contribution in [0.5, 0.6) is 0 Å². The second kappa shape index (κ2) is 4.18. The molecule has 2 atom stereocenters. The molecule has 0 radical (unpaired) electrons. The van der Waals surface area contributed by atoms with Crippen LogP contribution in [0.25, 0.3) is 0 Å². The molecule has 15 heavy (non-hydrogen) atoms. The lowest BCUT2D eigenvalue weighted by Gasteiger charge is -2.41. The Bertz CT molecular complexity index is 280. The fraction of sp³-hybridized carbons (Fsp3) is 0.800. The van der Waals surface area contributed by atoms with Crippen LogP contribution >= 0.6 is 0 Å². The van der Waals surface area contributed by atoms with Gasteiger partial charge in [0.05, 0.1) is 6.54 Å². The topological polar surface area (TPSA) is 75.4 Å². The summed E-state index contributed by atoms with van der Waals surface area (Å²) in [7, 11) is 0. The second-order valence-electron chi connectivity index (χ2n) is 4.31. The number of hydrogen-bond acceptors (Lipinski definition) is 3. The number of hydrogen-bond donors (Lipinski definition) is 2. The van der Waals surface area contributed by atoms with Crippen LogP contribution in [0, 0.1) is 5.92 Å². The van der Waals surface area contributed by atoms with E-state index in [0.29, 0.717) is 12.3 Å². The minimum absolute atomic E-state index is 0.0188. The highest BCUT2D eigenvalue weighted by Gasteiger charge is 2.34. The summed E-state index contributed by atoms with van der Waals surface area (Å²) < 4.78 is 0. The van der Waals surface area contributed by atoms with Gasteiger partial charge in [-0.15, -0.1) is 0 Å². The summed E-state index contributed by atoms with van der Waals surface area (Å²) in [5.74, 6) is 0.590. The van der Waals surface area contributed by atoms with Gasteiger partial charge in [0.2, 0.25) is 11.8 Å². The Hall–Kier alpha value is -1.10. The standard InChI is InChI=1S/C10H17N3O2/c11-5-10(15)13-4-3-8-7(6-13)1-2-9(14)12-8/h7-8H,1-6,11H2,(H,12,14). The minimum atomic E-state index is 0.0188. The molecule has 0 bridgehead atoms. The Morgan fingerprint density at radius 3 is 3.07 bits per heavy atom. The summed E-state index contributed by atoms with van der Waals surface area (Å²) in [6.45, 7) is 1.56. The molecule has 2 fully saturated rings. The lowest BCUT2D eigenvalue weighted by Crippen LogP contribution is -2.55. The molecule has 2 aliphatic rings. The first-order valence-electron chi connectivity index (χ1n) is 5.48. The average molecular weight is 211 g/mol. The molecule has 0 saturated carbocycles. The van der Waals surface area contributed by atoms with Gasteiger partial charge < -0.3 is 16.0 Å². The van der Waals surface area contributed by atoms with Crippen LogP contribution in [-0.2, 0) is 9.59 Å². The fourth-order valence-electron chi connectivity index (χ4n) is 2.47. The van der Waals surface area contributed by atoms with Gasteiger partial charge in [-0.25, -0.2) is 0 Å². The summed E-state index contributed by atoms with van der Waals surface area (Å²) in [6.07, 6.45) is 2.35. The van der Waals surface area contributed by atoms with E-state index in [4.69, 9.17) is 5.73 Å². The summed E-state index contributed by atoms with van der Waals surface area (Å²) in [4.78, 5) is 24.4. The number of fused-ring (bicyclic) bond motifs is 1. The van der Waals surface area contributed by atoms with Crippen molar-refractivity contribution in [3.05, 3.63) is 0 Å². The van der Waals surface area contributed by atoms with Gasteiger partial charge in [-0.3, -0.25) is 9.59 Å². The van der Waals surface area contributed by atoms with Crippen molar-refractivity contribution in [3.8, 4) is 0 Å². The Labute approximate surface area is 89.0 Å². The first kappa shape index (κ1) is 10.4. The molecule has 2 heterocycles. The van der Waals surface area contributed by atoms with E-state index in [1.54, 1.807) is 0 Å². The number of nitrogens with two attached hydrogens (primary N) is 1. The molecule has 0 spiro atoms. The van der Waals surface area contributed by atoms with Crippen molar-refractivity contribution in [2.45, 2.75) is 25.3 Å². The molecule has 0 aromatic rings. The van der Waals surface area contributed by atoms with E-state index < -0.39 is 0 Å². The summed E-state index contributed by atoms with van der Waals surface area (Å²) in [5.41, 5.74) is 5.33. The van der Waals surface area contributed by atoms with E-state index in [9.17, 15) is 9.59 Å². The molecule has 5 heteroatoms. The lowest BCUT2D eigenvalue weighted by atomic mass is 9.85. The van der Waals surface area contributed by atoms with Gasteiger partial charge in [0.25, 0.3) is 0 Å². The molecule has 0 aromatic carbocycles. The Kier molecular flexibility index (Phi) is 2.90. The first-order valence-corrected chi connectivity index (χ1v) is 5.48. The van der Waals surface area contributed by atoms with Gasteiger partial charge in [0, 0.05) is 25.6 Å². The minimum Gasteiger partial charge on any atom is -0.353 e. The molecular formula is C10H17N3O2. The van der Waals surface area contributed by atoms with E-state index >= 15 is 0 Å². The van der Waals surface area contributed by atoms with Gasteiger partial charge in [-0.05, 0) is 18.8 Å². The zero-order valence-corrected chi connectivity index (χ0v) is 8.74.